The molecular weight excluding hydrogens is 348 g/mol. The predicted octanol–water partition coefficient (Wildman–Crippen LogP) is 2.93. The molecule has 1 atom stereocenters. The van der Waals surface area contributed by atoms with E-state index in [2.05, 4.69) is 10.6 Å². The first kappa shape index (κ1) is 22.5. The van der Waals surface area contributed by atoms with Crippen LogP contribution in [0, 0.1) is 0 Å². The third-order valence-electron chi connectivity index (χ3n) is 3.44. The number of hydrogen-bond acceptors (Lipinski definition) is 5. The summed E-state index contributed by atoms with van der Waals surface area (Å²) < 4.78 is 10.4. The SMILES string of the molecule is CCCNC(=O)C(CCC(=O)OCc1ccccc1)NC(=O)OC(C)(C)C. The minimum atomic E-state index is -0.865. The van der Waals surface area contributed by atoms with Crippen LogP contribution < -0.4 is 10.6 Å². The average molecular weight is 378 g/mol. The Balaban J connectivity index is 2.55. The van der Waals surface area contributed by atoms with Crippen LogP contribution in [0.2, 0.25) is 0 Å². The summed E-state index contributed by atoms with van der Waals surface area (Å²) >= 11 is 0. The van der Waals surface area contributed by atoms with E-state index >= 15 is 0 Å². The third-order valence-corrected chi connectivity index (χ3v) is 3.44. The molecule has 27 heavy (non-hydrogen) atoms. The molecule has 1 aromatic carbocycles. The molecule has 1 aromatic rings. The molecule has 0 aliphatic rings. The molecule has 7 heteroatoms. The number of ether oxygens (including phenoxy) is 2. The zero-order chi connectivity index (χ0) is 20.3. The molecule has 1 rings (SSSR count). The van der Waals surface area contributed by atoms with Crippen molar-refractivity contribution in [2.45, 2.75) is 65.2 Å². The fraction of sp³-hybridized carbons (Fsp3) is 0.550. The van der Waals surface area contributed by atoms with Gasteiger partial charge in [0.2, 0.25) is 5.91 Å². The molecule has 0 heterocycles. The molecular formula is C20H30N2O5. The van der Waals surface area contributed by atoms with E-state index < -0.39 is 23.7 Å². The first-order valence-electron chi connectivity index (χ1n) is 9.18. The maximum Gasteiger partial charge on any atom is 0.408 e. The van der Waals surface area contributed by atoms with Crippen LogP contribution in [-0.2, 0) is 25.7 Å². The lowest BCUT2D eigenvalue weighted by Gasteiger charge is -2.23. The van der Waals surface area contributed by atoms with Crippen LogP contribution in [0.1, 0.15) is 52.5 Å². The van der Waals surface area contributed by atoms with Crippen molar-refractivity contribution in [1.82, 2.24) is 10.6 Å². The number of carbonyl (C=O) groups excluding carboxylic acids is 3. The number of esters is 1. The number of nitrogens with one attached hydrogen (secondary N) is 2. The van der Waals surface area contributed by atoms with Crippen molar-refractivity contribution >= 4 is 18.0 Å². The fourth-order valence-corrected chi connectivity index (χ4v) is 2.16. The van der Waals surface area contributed by atoms with Gasteiger partial charge >= 0.3 is 12.1 Å². The number of benzene rings is 1. The van der Waals surface area contributed by atoms with Crippen LogP contribution in [0.15, 0.2) is 30.3 Å². The van der Waals surface area contributed by atoms with Crippen LogP contribution in [0.5, 0.6) is 0 Å². The number of carbonyl (C=O) groups is 3. The van der Waals surface area contributed by atoms with Gasteiger partial charge in [0.15, 0.2) is 0 Å². The van der Waals surface area contributed by atoms with Gasteiger partial charge in [-0.3, -0.25) is 9.59 Å². The maximum atomic E-state index is 12.3. The van der Waals surface area contributed by atoms with Gasteiger partial charge in [0.05, 0.1) is 0 Å². The molecule has 0 aliphatic carbocycles. The Morgan fingerprint density at radius 1 is 1.11 bits per heavy atom. The molecule has 0 bridgehead atoms. The van der Waals surface area contributed by atoms with Gasteiger partial charge in [0, 0.05) is 13.0 Å². The second-order valence-corrected chi connectivity index (χ2v) is 7.17. The second-order valence-electron chi connectivity index (χ2n) is 7.17. The fourth-order valence-electron chi connectivity index (χ4n) is 2.16. The zero-order valence-electron chi connectivity index (χ0n) is 16.5. The van der Waals surface area contributed by atoms with Gasteiger partial charge in [-0.05, 0) is 39.2 Å². The van der Waals surface area contributed by atoms with Crippen LogP contribution >= 0.6 is 0 Å². The van der Waals surface area contributed by atoms with Crippen molar-refractivity contribution in [2.75, 3.05) is 6.54 Å². The molecule has 2 N–H and O–H groups in total. The lowest BCUT2D eigenvalue weighted by atomic mass is 10.1. The van der Waals surface area contributed by atoms with Gasteiger partial charge in [-0.15, -0.1) is 0 Å². The molecule has 0 fully saturated rings. The molecule has 7 nitrogen and oxygen atoms in total. The number of rotatable bonds is 9. The maximum absolute atomic E-state index is 12.3. The molecule has 0 radical (unpaired) electrons. The van der Waals surface area contributed by atoms with Crippen molar-refractivity contribution in [3.8, 4) is 0 Å². The summed E-state index contributed by atoms with van der Waals surface area (Å²) in [5, 5.41) is 5.25. The highest BCUT2D eigenvalue weighted by Gasteiger charge is 2.25. The Hall–Kier alpha value is -2.57. The van der Waals surface area contributed by atoms with Crippen LogP contribution in [0.4, 0.5) is 4.79 Å². The van der Waals surface area contributed by atoms with Crippen molar-refractivity contribution < 1.29 is 23.9 Å². The Morgan fingerprint density at radius 3 is 2.37 bits per heavy atom. The summed E-state index contributed by atoms with van der Waals surface area (Å²) in [7, 11) is 0. The quantitative estimate of drug-likeness (QED) is 0.645. The van der Waals surface area contributed by atoms with E-state index in [4.69, 9.17) is 9.47 Å². The van der Waals surface area contributed by atoms with Gasteiger partial charge in [-0.2, -0.15) is 0 Å². The van der Waals surface area contributed by atoms with Crippen molar-refractivity contribution in [3.63, 3.8) is 0 Å². The van der Waals surface area contributed by atoms with Gasteiger partial charge < -0.3 is 20.1 Å². The highest BCUT2D eigenvalue weighted by Crippen LogP contribution is 2.09. The Bertz CT molecular complexity index is 611. The Morgan fingerprint density at radius 2 is 1.78 bits per heavy atom. The Labute approximate surface area is 160 Å². The predicted molar refractivity (Wildman–Crippen MR) is 102 cm³/mol. The van der Waals surface area contributed by atoms with E-state index in [1.54, 1.807) is 20.8 Å². The van der Waals surface area contributed by atoms with Crippen molar-refractivity contribution in [1.29, 1.82) is 0 Å². The normalized spacial score (nSPS) is 12.0. The molecule has 1 unspecified atom stereocenters. The molecule has 0 aromatic heterocycles. The van der Waals surface area contributed by atoms with E-state index in [0.29, 0.717) is 6.54 Å². The van der Waals surface area contributed by atoms with E-state index in [9.17, 15) is 14.4 Å². The summed E-state index contributed by atoms with van der Waals surface area (Å²) in [4.78, 5) is 36.2. The van der Waals surface area contributed by atoms with Crippen LogP contribution in [0.3, 0.4) is 0 Å². The summed E-state index contributed by atoms with van der Waals surface area (Å²) in [6.45, 7) is 7.80. The van der Waals surface area contributed by atoms with Gasteiger partial charge in [-0.25, -0.2) is 4.79 Å². The van der Waals surface area contributed by atoms with Crippen LogP contribution in [-0.4, -0.2) is 36.2 Å². The standard InChI is InChI=1S/C20H30N2O5/c1-5-13-21-18(24)16(22-19(25)27-20(2,3)4)11-12-17(23)26-14-15-9-7-6-8-10-15/h6-10,16H,5,11-14H2,1-4H3,(H,21,24)(H,22,25). The van der Waals surface area contributed by atoms with Gasteiger partial charge in [0.25, 0.3) is 0 Å². The smallest absolute Gasteiger partial charge is 0.408 e. The average Bonchev–Trinajstić information content (AvgIpc) is 2.60. The molecule has 0 saturated carbocycles. The molecule has 0 aliphatic heterocycles. The first-order chi connectivity index (χ1) is 12.7. The highest BCUT2D eigenvalue weighted by molar-refractivity contribution is 5.86. The van der Waals surface area contributed by atoms with Crippen molar-refractivity contribution in [3.05, 3.63) is 35.9 Å². The summed E-state index contributed by atoms with van der Waals surface area (Å²) in [5.74, 6) is -0.781. The van der Waals surface area contributed by atoms with Gasteiger partial charge in [0.1, 0.15) is 18.2 Å². The lowest BCUT2D eigenvalue weighted by molar-refractivity contribution is -0.145. The minimum Gasteiger partial charge on any atom is -0.461 e. The summed E-state index contributed by atoms with van der Waals surface area (Å²) in [6, 6.07) is 8.46. The second kappa shape index (κ2) is 11.2. The third kappa shape index (κ3) is 10.2. The van der Waals surface area contributed by atoms with Crippen molar-refractivity contribution in [2.24, 2.45) is 0 Å². The van der Waals surface area contributed by atoms with E-state index in [-0.39, 0.29) is 25.4 Å². The number of amides is 2. The van der Waals surface area contributed by atoms with Gasteiger partial charge in [-0.1, -0.05) is 37.3 Å². The lowest BCUT2D eigenvalue weighted by Crippen LogP contribution is -2.48. The molecule has 2 amide bonds. The van der Waals surface area contributed by atoms with E-state index in [1.807, 2.05) is 37.3 Å². The summed E-state index contributed by atoms with van der Waals surface area (Å²) in [5.41, 5.74) is 0.207. The first-order valence-corrected chi connectivity index (χ1v) is 9.18. The Kier molecular flexibility index (Phi) is 9.33. The van der Waals surface area contributed by atoms with E-state index in [1.165, 1.54) is 0 Å². The molecule has 0 saturated heterocycles. The largest absolute Gasteiger partial charge is 0.461 e. The summed E-state index contributed by atoms with van der Waals surface area (Å²) in [6.07, 6.45) is 0.205. The molecule has 150 valence electrons. The highest BCUT2D eigenvalue weighted by atomic mass is 16.6. The van der Waals surface area contributed by atoms with E-state index in [0.717, 1.165) is 12.0 Å². The molecule has 0 spiro atoms. The zero-order valence-corrected chi connectivity index (χ0v) is 16.5. The topological polar surface area (TPSA) is 93.7 Å². The monoisotopic (exact) mass is 378 g/mol. The number of alkyl carbamates (subject to hydrolysis) is 1. The van der Waals surface area contributed by atoms with Crippen LogP contribution in [0.25, 0.3) is 0 Å². The number of hydrogen-bond donors (Lipinski definition) is 2. The minimum absolute atomic E-state index is 0.00679.